The van der Waals surface area contributed by atoms with Crippen LogP contribution in [0.15, 0.2) is 0 Å². The van der Waals surface area contributed by atoms with E-state index in [9.17, 15) is 9.59 Å². The molecule has 1 fully saturated rings. The molecule has 4 amide bonds. The number of hydrogen-bond acceptors (Lipinski definition) is 3. The molecule has 92 valence electrons. The number of carbonyl (C=O) groups excluding carboxylic acids is 2. The van der Waals surface area contributed by atoms with Gasteiger partial charge in [-0.2, -0.15) is 0 Å². The number of urea groups is 2. The third-order valence-corrected chi connectivity index (χ3v) is 2.30. The van der Waals surface area contributed by atoms with Crippen LogP contribution in [0.1, 0.15) is 20.8 Å². The second kappa shape index (κ2) is 5.16. The molecule has 0 radical (unpaired) electrons. The van der Waals surface area contributed by atoms with E-state index in [0.29, 0.717) is 26.2 Å². The van der Waals surface area contributed by atoms with Crippen molar-refractivity contribution in [2.45, 2.75) is 26.4 Å². The van der Waals surface area contributed by atoms with E-state index in [1.807, 2.05) is 20.8 Å². The van der Waals surface area contributed by atoms with Crippen LogP contribution in [0.3, 0.4) is 0 Å². The minimum Gasteiger partial charge on any atom is -0.374 e. The number of amides is 4. The predicted octanol–water partition coefficient (Wildman–Crippen LogP) is 0.536. The van der Waals surface area contributed by atoms with Crippen molar-refractivity contribution in [3.63, 3.8) is 0 Å². The Balaban J connectivity index is 2.37. The summed E-state index contributed by atoms with van der Waals surface area (Å²) < 4.78 is 5.44. The first-order valence-electron chi connectivity index (χ1n) is 5.43. The average Bonchev–Trinajstić information content (AvgIpc) is 2.61. The van der Waals surface area contributed by atoms with Gasteiger partial charge in [0, 0.05) is 26.2 Å². The van der Waals surface area contributed by atoms with Gasteiger partial charge in [-0.3, -0.25) is 0 Å². The lowest BCUT2D eigenvalue weighted by Crippen LogP contribution is -2.47. The van der Waals surface area contributed by atoms with Crippen molar-refractivity contribution in [3.05, 3.63) is 0 Å². The molecule has 1 aliphatic heterocycles. The molecule has 0 aliphatic carbocycles. The molecule has 0 saturated carbocycles. The molecule has 6 heteroatoms. The highest BCUT2D eigenvalue weighted by Gasteiger charge is 2.27. The quantitative estimate of drug-likeness (QED) is 0.739. The van der Waals surface area contributed by atoms with Crippen molar-refractivity contribution in [3.8, 4) is 0 Å². The van der Waals surface area contributed by atoms with E-state index in [-0.39, 0.29) is 12.1 Å². The molecule has 1 saturated heterocycles. The van der Waals surface area contributed by atoms with E-state index in [2.05, 4.69) is 10.6 Å². The second-order valence-electron chi connectivity index (χ2n) is 4.23. The van der Waals surface area contributed by atoms with Crippen molar-refractivity contribution in [2.24, 2.45) is 0 Å². The van der Waals surface area contributed by atoms with E-state index >= 15 is 0 Å². The minimum absolute atomic E-state index is 0.341. The van der Waals surface area contributed by atoms with Gasteiger partial charge in [0.15, 0.2) is 0 Å². The van der Waals surface area contributed by atoms with Crippen LogP contribution in [-0.2, 0) is 4.74 Å². The lowest BCUT2D eigenvalue weighted by Gasteiger charge is -2.25. The standard InChI is InChI=1S/C10H19N3O3/c1-4-16-10(2,3)7-12-9(15)13-6-5-11-8(13)14/h4-7H2,1-3H3,(H,11,14)(H,12,15). The van der Waals surface area contributed by atoms with Crippen molar-refractivity contribution in [1.82, 2.24) is 15.5 Å². The normalized spacial score (nSPS) is 16.2. The van der Waals surface area contributed by atoms with Crippen molar-refractivity contribution < 1.29 is 14.3 Å². The first kappa shape index (κ1) is 12.8. The smallest absolute Gasteiger partial charge is 0.325 e. The molecule has 0 atom stereocenters. The van der Waals surface area contributed by atoms with E-state index in [1.165, 1.54) is 0 Å². The molecule has 1 rings (SSSR count). The number of ether oxygens (including phenoxy) is 1. The van der Waals surface area contributed by atoms with Gasteiger partial charge >= 0.3 is 12.1 Å². The fourth-order valence-electron chi connectivity index (χ4n) is 1.49. The van der Waals surface area contributed by atoms with Gasteiger partial charge in [0.2, 0.25) is 0 Å². The van der Waals surface area contributed by atoms with Gasteiger partial charge in [-0.1, -0.05) is 0 Å². The monoisotopic (exact) mass is 229 g/mol. The maximum absolute atomic E-state index is 11.6. The molecule has 0 spiro atoms. The molecular weight excluding hydrogens is 210 g/mol. The van der Waals surface area contributed by atoms with Crippen LogP contribution in [0.25, 0.3) is 0 Å². The zero-order valence-corrected chi connectivity index (χ0v) is 10.0. The molecule has 2 N–H and O–H groups in total. The van der Waals surface area contributed by atoms with Crippen LogP contribution in [0.4, 0.5) is 9.59 Å². The summed E-state index contributed by atoms with van der Waals surface area (Å²) in [7, 11) is 0. The lowest BCUT2D eigenvalue weighted by molar-refractivity contribution is -0.00735. The topological polar surface area (TPSA) is 70.7 Å². The SMILES string of the molecule is CCOC(C)(C)CNC(=O)N1CCNC1=O. The van der Waals surface area contributed by atoms with Gasteiger partial charge in [0.1, 0.15) is 0 Å². The van der Waals surface area contributed by atoms with E-state index in [1.54, 1.807) is 0 Å². The first-order valence-corrected chi connectivity index (χ1v) is 5.43. The van der Waals surface area contributed by atoms with E-state index in [0.717, 1.165) is 4.90 Å². The summed E-state index contributed by atoms with van der Waals surface area (Å²) in [6.45, 7) is 7.58. The average molecular weight is 229 g/mol. The number of rotatable bonds is 4. The fraction of sp³-hybridized carbons (Fsp3) is 0.800. The van der Waals surface area contributed by atoms with Crippen molar-refractivity contribution in [2.75, 3.05) is 26.2 Å². The largest absolute Gasteiger partial charge is 0.374 e. The Morgan fingerprint density at radius 2 is 2.31 bits per heavy atom. The molecule has 16 heavy (non-hydrogen) atoms. The number of nitrogens with one attached hydrogen (secondary N) is 2. The molecule has 6 nitrogen and oxygen atoms in total. The zero-order chi connectivity index (χ0) is 12.2. The van der Waals surface area contributed by atoms with Crippen molar-refractivity contribution >= 4 is 12.1 Å². The van der Waals surface area contributed by atoms with Crippen LogP contribution in [0.5, 0.6) is 0 Å². The summed E-state index contributed by atoms with van der Waals surface area (Å²) in [5, 5.41) is 5.25. The van der Waals surface area contributed by atoms with Crippen LogP contribution in [0, 0.1) is 0 Å². The molecule has 1 heterocycles. The molecule has 0 unspecified atom stereocenters. The van der Waals surface area contributed by atoms with Crippen LogP contribution in [0.2, 0.25) is 0 Å². The van der Waals surface area contributed by atoms with Gasteiger partial charge in [0.05, 0.1) is 5.60 Å². The Bertz CT molecular complexity index is 278. The molecule has 0 bridgehead atoms. The second-order valence-corrected chi connectivity index (χ2v) is 4.23. The minimum atomic E-state index is -0.416. The molecule has 0 aromatic heterocycles. The Hall–Kier alpha value is -1.30. The molecule has 0 aromatic rings. The summed E-state index contributed by atoms with van der Waals surface area (Å²) >= 11 is 0. The maximum Gasteiger partial charge on any atom is 0.325 e. The van der Waals surface area contributed by atoms with Gasteiger partial charge in [-0.15, -0.1) is 0 Å². The number of hydrogen-bond donors (Lipinski definition) is 2. The summed E-state index contributed by atoms with van der Waals surface area (Å²) in [6.07, 6.45) is 0. The van der Waals surface area contributed by atoms with Gasteiger partial charge in [-0.05, 0) is 20.8 Å². The first-order chi connectivity index (χ1) is 7.46. The fourth-order valence-corrected chi connectivity index (χ4v) is 1.49. The van der Waals surface area contributed by atoms with Crippen LogP contribution >= 0.6 is 0 Å². The summed E-state index contributed by atoms with van der Waals surface area (Å²) in [6, 6.07) is -0.713. The Morgan fingerprint density at radius 3 is 2.81 bits per heavy atom. The molecular formula is C10H19N3O3. The van der Waals surface area contributed by atoms with Crippen molar-refractivity contribution in [1.29, 1.82) is 0 Å². The number of nitrogens with zero attached hydrogens (tertiary/aromatic N) is 1. The highest BCUT2D eigenvalue weighted by atomic mass is 16.5. The zero-order valence-electron chi connectivity index (χ0n) is 10.0. The van der Waals surface area contributed by atoms with E-state index < -0.39 is 5.60 Å². The van der Waals surface area contributed by atoms with E-state index in [4.69, 9.17) is 4.74 Å². The highest BCUT2D eigenvalue weighted by Crippen LogP contribution is 2.07. The van der Waals surface area contributed by atoms with Gasteiger partial charge in [0.25, 0.3) is 0 Å². The Morgan fingerprint density at radius 1 is 1.62 bits per heavy atom. The number of imide groups is 1. The van der Waals surface area contributed by atoms with Crippen LogP contribution < -0.4 is 10.6 Å². The summed E-state index contributed by atoms with van der Waals surface area (Å²) in [5.74, 6) is 0. The predicted molar refractivity (Wildman–Crippen MR) is 59.2 cm³/mol. The molecule has 0 aromatic carbocycles. The lowest BCUT2D eigenvalue weighted by atomic mass is 10.1. The van der Waals surface area contributed by atoms with Gasteiger partial charge in [-0.25, -0.2) is 14.5 Å². The Labute approximate surface area is 95.3 Å². The summed E-state index contributed by atoms with van der Waals surface area (Å²) in [4.78, 5) is 23.9. The maximum atomic E-state index is 11.6. The summed E-state index contributed by atoms with van der Waals surface area (Å²) in [5.41, 5.74) is -0.416. The number of carbonyl (C=O) groups is 2. The third kappa shape index (κ3) is 3.37. The third-order valence-electron chi connectivity index (χ3n) is 2.30. The Kier molecular flexibility index (Phi) is 4.12. The van der Waals surface area contributed by atoms with Crippen LogP contribution in [-0.4, -0.2) is 48.8 Å². The highest BCUT2D eigenvalue weighted by molar-refractivity contribution is 5.94. The molecule has 1 aliphatic rings. The van der Waals surface area contributed by atoms with Gasteiger partial charge < -0.3 is 15.4 Å².